The number of hydrogen-bond acceptors (Lipinski definition) is 5. The Kier molecular flexibility index (Phi) is 5.96. The number of rotatable bonds is 6. The molecule has 0 spiro atoms. The van der Waals surface area contributed by atoms with E-state index in [0.29, 0.717) is 11.1 Å². The lowest BCUT2D eigenvalue weighted by atomic mass is 9.83. The fourth-order valence-corrected chi connectivity index (χ4v) is 3.89. The van der Waals surface area contributed by atoms with E-state index in [0.717, 1.165) is 4.47 Å². The highest BCUT2D eigenvalue weighted by molar-refractivity contribution is 9.10. The van der Waals surface area contributed by atoms with Crippen molar-refractivity contribution in [2.75, 3.05) is 6.61 Å². The number of carbonyl (C=O) groups is 2. The number of benzene rings is 2. The van der Waals surface area contributed by atoms with Crippen LogP contribution in [0.15, 0.2) is 64.6 Å². The summed E-state index contributed by atoms with van der Waals surface area (Å²) >= 11 is 3.34. The monoisotopic (exact) mass is 448 g/mol. The number of ether oxygens (including phenoxy) is 1. The van der Waals surface area contributed by atoms with Crippen molar-refractivity contribution in [1.29, 1.82) is 10.5 Å². The second-order valence-corrected chi connectivity index (χ2v) is 7.57. The zero-order valence-corrected chi connectivity index (χ0v) is 17.3. The average molecular weight is 449 g/mol. The summed E-state index contributed by atoms with van der Waals surface area (Å²) in [7, 11) is 0. The van der Waals surface area contributed by atoms with Crippen molar-refractivity contribution >= 4 is 33.3 Å². The van der Waals surface area contributed by atoms with Gasteiger partial charge in [-0.25, -0.2) is 0 Å². The van der Waals surface area contributed by atoms with E-state index in [4.69, 9.17) is 4.74 Å². The standard InChI is InChI=1S/C23H17BrN2O3/c1-2-29-22(28)23(12-19(23)21(27)16-8-10-18(24)11-9-16)20(17(13-25)14-26)15-6-4-3-5-7-15/h3-11,19H,2,12H2,1H3/t19-,23+/m0/s1. The lowest BCUT2D eigenvalue weighted by molar-refractivity contribution is -0.147. The van der Waals surface area contributed by atoms with Crippen LogP contribution >= 0.6 is 15.9 Å². The van der Waals surface area contributed by atoms with Gasteiger partial charge in [-0.1, -0.05) is 58.4 Å². The maximum atomic E-state index is 13.2. The van der Waals surface area contributed by atoms with E-state index in [-0.39, 0.29) is 30.0 Å². The van der Waals surface area contributed by atoms with Crippen molar-refractivity contribution in [1.82, 2.24) is 0 Å². The van der Waals surface area contributed by atoms with Crippen LogP contribution in [-0.2, 0) is 9.53 Å². The van der Waals surface area contributed by atoms with Crippen LogP contribution in [0.5, 0.6) is 0 Å². The zero-order valence-electron chi connectivity index (χ0n) is 15.7. The quantitative estimate of drug-likeness (QED) is 0.362. The Labute approximate surface area is 177 Å². The molecule has 0 aromatic heterocycles. The van der Waals surface area contributed by atoms with Gasteiger partial charge in [-0.3, -0.25) is 9.59 Å². The number of nitrogens with zero attached hydrogens (tertiary/aromatic N) is 2. The van der Waals surface area contributed by atoms with Gasteiger partial charge in [-0.2, -0.15) is 10.5 Å². The number of esters is 1. The molecule has 0 amide bonds. The molecule has 0 N–H and O–H groups in total. The Hall–Kier alpha value is -3.22. The molecule has 6 heteroatoms. The molecule has 1 fully saturated rings. The van der Waals surface area contributed by atoms with Crippen LogP contribution in [0.4, 0.5) is 0 Å². The molecule has 1 aliphatic rings. The van der Waals surface area contributed by atoms with E-state index >= 15 is 0 Å². The first kappa shape index (κ1) is 20.5. The molecule has 1 saturated carbocycles. The normalized spacial score (nSPS) is 19.4. The predicted octanol–water partition coefficient (Wildman–Crippen LogP) is 4.70. The van der Waals surface area contributed by atoms with Crippen LogP contribution < -0.4 is 0 Å². The number of ketones is 1. The number of hydrogen-bond donors (Lipinski definition) is 0. The van der Waals surface area contributed by atoms with Crippen molar-refractivity contribution in [3.63, 3.8) is 0 Å². The van der Waals surface area contributed by atoms with Crippen molar-refractivity contribution < 1.29 is 14.3 Å². The third-order valence-corrected chi connectivity index (χ3v) is 5.56. The molecule has 29 heavy (non-hydrogen) atoms. The second kappa shape index (κ2) is 8.43. The first-order valence-electron chi connectivity index (χ1n) is 9.07. The average Bonchev–Trinajstić information content (AvgIpc) is 3.49. The largest absolute Gasteiger partial charge is 0.465 e. The first-order valence-corrected chi connectivity index (χ1v) is 9.86. The maximum Gasteiger partial charge on any atom is 0.317 e. The van der Waals surface area contributed by atoms with E-state index in [1.165, 1.54) is 0 Å². The molecule has 0 saturated heterocycles. The molecule has 3 rings (SSSR count). The highest BCUT2D eigenvalue weighted by Crippen LogP contribution is 2.63. The first-order chi connectivity index (χ1) is 14.0. The second-order valence-electron chi connectivity index (χ2n) is 6.66. The van der Waals surface area contributed by atoms with Crippen LogP contribution in [0, 0.1) is 34.0 Å². The predicted molar refractivity (Wildman–Crippen MR) is 110 cm³/mol. The summed E-state index contributed by atoms with van der Waals surface area (Å²) in [6.45, 7) is 1.82. The number of carbonyl (C=O) groups excluding carboxylic acids is 2. The van der Waals surface area contributed by atoms with Gasteiger partial charge >= 0.3 is 5.97 Å². The Balaban J connectivity index is 2.15. The van der Waals surface area contributed by atoms with Crippen LogP contribution in [-0.4, -0.2) is 18.4 Å². The fraction of sp³-hybridized carbons (Fsp3) is 0.217. The number of allylic oxidation sites excluding steroid dienone is 1. The molecular formula is C23H17BrN2O3. The van der Waals surface area contributed by atoms with Crippen LogP contribution in [0.25, 0.3) is 5.57 Å². The van der Waals surface area contributed by atoms with E-state index in [1.807, 2.05) is 12.1 Å². The topological polar surface area (TPSA) is 90.9 Å². The summed E-state index contributed by atoms with van der Waals surface area (Å²) in [5, 5.41) is 19.1. The SMILES string of the molecule is CCOC(=O)[C@]1(C(=C(C#N)C#N)c2ccccc2)C[C@H]1C(=O)c1ccc(Br)cc1. The van der Waals surface area contributed by atoms with Gasteiger partial charge in [-0.15, -0.1) is 0 Å². The van der Waals surface area contributed by atoms with Crippen molar-refractivity contribution in [3.8, 4) is 12.1 Å². The highest BCUT2D eigenvalue weighted by Gasteiger charge is 2.67. The molecule has 0 bridgehead atoms. The van der Waals surface area contributed by atoms with Gasteiger partial charge in [-0.05, 0) is 31.0 Å². The molecule has 2 aromatic rings. The maximum absolute atomic E-state index is 13.2. The molecular weight excluding hydrogens is 432 g/mol. The van der Waals surface area contributed by atoms with Gasteiger partial charge in [0.2, 0.25) is 0 Å². The van der Waals surface area contributed by atoms with Gasteiger partial charge in [0.15, 0.2) is 5.78 Å². The minimum atomic E-state index is -1.34. The Morgan fingerprint density at radius 3 is 2.24 bits per heavy atom. The third-order valence-electron chi connectivity index (χ3n) is 5.03. The molecule has 0 aliphatic heterocycles. The van der Waals surface area contributed by atoms with Crippen molar-refractivity contribution in [2.24, 2.45) is 11.3 Å². The molecule has 1 aliphatic carbocycles. The third kappa shape index (κ3) is 3.72. The molecule has 0 unspecified atom stereocenters. The summed E-state index contributed by atoms with van der Waals surface area (Å²) in [4.78, 5) is 26.2. The molecule has 0 radical (unpaired) electrons. The van der Waals surface area contributed by atoms with Crippen LogP contribution in [0.1, 0.15) is 29.3 Å². The summed E-state index contributed by atoms with van der Waals surface area (Å²) in [6.07, 6.45) is 0.192. The Bertz CT molecular complexity index is 1050. The highest BCUT2D eigenvalue weighted by atomic mass is 79.9. The summed E-state index contributed by atoms with van der Waals surface area (Å²) in [5.74, 6) is -1.50. The van der Waals surface area contributed by atoms with E-state index in [9.17, 15) is 20.1 Å². The zero-order chi connectivity index (χ0) is 21.0. The van der Waals surface area contributed by atoms with E-state index in [1.54, 1.807) is 61.5 Å². The Morgan fingerprint density at radius 2 is 1.69 bits per heavy atom. The smallest absolute Gasteiger partial charge is 0.317 e. The van der Waals surface area contributed by atoms with Crippen molar-refractivity contribution in [2.45, 2.75) is 13.3 Å². The molecule has 2 aromatic carbocycles. The fourth-order valence-electron chi connectivity index (χ4n) is 3.63. The van der Waals surface area contributed by atoms with Crippen LogP contribution in [0.3, 0.4) is 0 Å². The molecule has 0 heterocycles. The Morgan fingerprint density at radius 1 is 1.07 bits per heavy atom. The van der Waals surface area contributed by atoms with Gasteiger partial charge in [0, 0.05) is 21.5 Å². The van der Waals surface area contributed by atoms with Gasteiger partial charge in [0.25, 0.3) is 0 Å². The molecule has 5 nitrogen and oxygen atoms in total. The summed E-state index contributed by atoms with van der Waals surface area (Å²) in [6, 6.07) is 19.4. The summed E-state index contributed by atoms with van der Waals surface area (Å²) in [5.41, 5.74) is -0.244. The van der Waals surface area contributed by atoms with Crippen molar-refractivity contribution in [3.05, 3.63) is 75.8 Å². The molecule has 2 atom stereocenters. The van der Waals surface area contributed by atoms with Gasteiger partial charge in [0.05, 0.1) is 6.61 Å². The summed E-state index contributed by atoms with van der Waals surface area (Å²) < 4.78 is 6.13. The lowest BCUT2D eigenvalue weighted by Gasteiger charge is -2.20. The lowest BCUT2D eigenvalue weighted by Crippen LogP contribution is -2.26. The molecule has 144 valence electrons. The van der Waals surface area contributed by atoms with Gasteiger partial charge in [0.1, 0.15) is 23.1 Å². The van der Waals surface area contributed by atoms with Gasteiger partial charge < -0.3 is 4.74 Å². The number of nitriles is 2. The van der Waals surface area contributed by atoms with E-state index in [2.05, 4.69) is 15.9 Å². The van der Waals surface area contributed by atoms with Crippen LogP contribution in [0.2, 0.25) is 0 Å². The number of halogens is 1. The minimum Gasteiger partial charge on any atom is -0.465 e. The minimum absolute atomic E-state index is 0.135. The number of Topliss-reactive ketones (excluding diaryl/α,β-unsaturated/α-hetero) is 1. The van der Waals surface area contributed by atoms with E-state index < -0.39 is 17.3 Å².